The Hall–Kier alpha value is -2.76. The van der Waals surface area contributed by atoms with Gasteiger partial charge in [-0.1, -0.05) is 0 Å². The number of aliphatic imine (C=N–C) groups is 1. The van der Waals surface area contributed by atoms with Crippen molar-refractivity contribution in [1.82, 2.24) is 0 Å². The predicted octanol–water partition coefficient (Wildman–Crippen LogP) is 2.89. The Morgan fingerprint density at radius 1 is 1.30 bits per heavy atom. The molecule has 1 aromatic rings. The first-order valence-electron chi connectivity index (χ1n) is 7.11. The summed E-state index contributed by atoms with van der Waals surface area (Å²) in [6.07, 6.45) is 1.63. The number of nitrogens with zero attached hydrogens (tertiary/aromatic N) is 1. The van der Waals surface area contributed by atoms with Gasteiger partial charge in [0.25, 0.3) is 0 Å². The van der Waals surface area contributed by atoms with Gasteiger partial charge in [0.2, 0.25) is 0 Å². The van der Waals surface area contributed by atoms with Crippen molar-refractivity contribution in [1.29, 1.82) is 0 Å². The molecule has 122 valence electrons. The van der Waals surface area contributed by atoms with Crippen LogP contribution in [0.1, 0.15) is 19.4 Å². The Kier molecular flexibility index (Phi) is 5.05. The highest BCUT2D eigenvalue weighted by atomic mass is 16.5. The molecule has 1 N–H and O–H groups in total. The summed E-state index contributed by atoms with van der Waals surface area (Å²) < 4.78 is 15.4. The van der Waals surface area contributed by atoms with E-state index in [0.717, 1.165) is 0 Å². The molecule has 1 aliphatic rings. The third kappa shape index (κ3) is 3.36. The summed E-state index contributed by atoms with van der Waals surface area (Å²) in [7, 11) is 3.11. The maximum Gasteiger partial charge on any atom is 0.343 e. The minimum Gasteiger partial charge on any atom is -0.505 e. The average molecular weight is 317 g/mol. The van der Waals surface area contributed by atoms with Crippen LogP contribution < -0.4 is 9.47 Å². The second-order valence-electron chi connectivity index (χ2n) is 4.78. The third-order valence-electron chi connectivity index (χ3n) is 3.34. The van der Waals surface area contributed by atoms with E-state index in [9.17, 15) is 9.90 Å². The molecule has 0 radical (unpaired) electrons. The van der Waals surface area contributed by atoms with E-state index < -0.39 is 5.97 Å². The predicted molar refractivity (Wildman–Crippen MR) is 86.9 cm³/mol. The molecule has 6 heteroatoms. The van der Waals surface area contributed by atoms with Crippen LogP contribution in [0.3, 0.4) is 0 Å². The molecule has 1 aliphatic heterocycles. The molecule has 23 heavy (non-hydrogen) atoms. The van der Waals surface area contributed by atoms with Gasteiger partial charge in [0.1, 0.15) is 22.8 Å². The molecule has 0 bridgehead atoms. The molecule has 0 saturated carbocycles. The SMILES string of the molecule is CCOC(=O)C1=C(O)C(=Cc2cc(OC)ccc2OC)N=C1C. The lowest BCUT2D eigenvalue weighted by Crippen LogP contribution is -2.13. The maximum atomic E-state index is 11.9. The summed E-state index contributed by atoms with van der Waals surface area (Å²) >= 11 is 0. The van der Waals surface area contributed by atoms with E-state index in [4.69, 9.17) is 14.2 Å². The number of ether oxygens (including phenoxy) is 3. The van der Waals surface area contributed by atoms with Crippen molar-refractivity contribution in [3.05, 3.63) is 40.8 Å². The van der Waals surface area contributed by atoms with E-state index in [1.807, 2.05) is 0 Å². The number of hydrogen-bond donors (Lipinski definition) is 1. The van der Waals surface area contributed by atoms with Gasteiger partial charge < -0.3 is 19.3 Å². The van der Waals surface area contributed by atoms with Crippen LogP contribution in [0.5, 0.6) is 11.5 Å². The first-order chi connectivity index (χ1) is 11.0. The maximum absolute atomic E-state index is 11.9. The normalized spacial score (nSPS) is 15.7. The summed E-state index contributed by atoms with van der Waals surface area (Å²) in [5, 5.41) is 10.3. The van der Waals surface area contributed by atoms with Crippen LogP contribution in [0.25, 0.3) is 6.08 Å². The number of benzene rings is 1. The van der Waals surface area contributed by atoms with Crippen molar-refractivity contribution in [3.8, 4) is 11.5 Å². The van der Waals surface area contributed by atoms with Gasteiger partial charge in [0.15, 0.2) is 5.76 Å². The van der Waals surface area contributed by atoms with Crippen LogP contribution in [-0.2, 0) is 9.53 Å². The van der Waals surface area contributed by atoms with Crippen LogP contribution >= 0.6 is 0 Å². The summed E-state index contributed by atoms with van der Waals surface area (Å²) in [5.74, 6) is 0.451. The lowest BCUT2D eigenvalue weighted by molar-refractivity contribution is -0.138. The summed E-state index contributed by atoms with van der Waals surface area (Å²) in [4.78, 5) is 16.1. The molecule has 0 saturated heterocycles. The molecule has 1 heterocycles. The number of hydrogen-bond acceptors (Lipinski definition) is 6. The Morgan fingerprint density at radius 2 is 2.04 bits per heavy atom. The Labute approximate surface area is 134 Å². The average Bonchev–Trinajstić information content (AvgIpc) is 2.81. The number of methoxy groups -OCH3 is 2. The van der Waals surface area contributed by atoms with Crippen LogP contribution in [0.15, 0.2) is 40.2 Å². The Bertz CT molecular complexity index is 716. The fourth-order valence-electron chi connectivity index (χ4n) is 2.24. The van der Waals surface area contributed by atoms with E-state index >= 15 is 0 Å². The topological polar surface area (TPSA) is 77.4 Å². The van der Waals surface area contributed by atoms with Gasteiger partial charge >= 0.3 is 5.97 Å². The zero-order chi connectivity index (χ0) is 17.0. The summed E-state index contributed by atoms with van der Waals surface area (Å²) in [5.41, 5.74) is 1.45. The minimum absolute atomic E-state index is 0.0833. The molecule has 0 unspecified atom stereocenters. The smallest absolute Gasteiger partial charge is 0.343 e. The van der Waals surface area contributed by atoms with Crippen molar-refractivity contribution in [3.63, 3.8) is 0 Å². The Balaban J connectivity index is 2.47. The lowest BCUT2D eigenvalue weighted by Gasteiger charge is -2.08. The van der Waals surface area contributed by atoms with E-state index in [0.29, 0.717) is 22.8 Å². The van der Waals surface area contributed by atoms with E-state index in [-0.39, 0.29) is 23.6 Å². The van der Waals surface area contributed by atoms with E-state index in [2.05, 4.69) is 4.99 Å². The fraction of sp³-hybridized carbons (Fsp3) is 0.294. The van der Waals surface area contributed by atoms with Crippen molar-refractivity contribution < 1.29 is 24.1 Å². The van der Waals surface area contributed by atoms with E-state index in [1.165, 1.54) is 0 Å². The number of aliphatic hydroxyl groups is 1. The fourth-order valence-corrected chi connectivity index (χ4v) is 2.24. The quantitative estimate of drug-likeness (QED) is 0.845. The van der Waals surface area contributed by atoms with Gasteiger partial charge in [-0.3, -0.25) is 0 Å². The van der Waals surface area contributed by atoms with Crippen LogP contribution in [0.2, 0.25) is 0 Å². The number of carbonyl (C=O) groups is 1. The highest BCUT2D eigenvalue weighted by Gasteiger charge is 2.27. The standard InChI is InChI=1S/C17H19NO5/c1-5-23-17(20)15-10(2)18-13(16(15)19)9-11-8-12(21-3)6-7-14(11)22-4/h6-9,19H,5H2,1-4H3. The van der Waals surface area contributed by atoms with Gasteiger partial charge in [-0.15, -0.1) is 0 Å². The van der Waals surface area contributed by atoms with Crippen molar-refractivity contribution in [2.45, 2.75) is 13.8 Å². The molecule has 0 fully saturated rings. The van der Waals surface area contributed by atoms with E-state index in [1.54, 1.807) is 52.3 Å². The molecule has 0 atom stereocenters. The van der Waals surface area contributed by atoms with Gasteiger partial charge in [-0.25, -0.2) is 9.79 Å². The van der Waals surface area contributed by atoms with Crippen LogP contribution in [-0.4, -0.2) is 37.6 Å². The highest BCUT2D eigenvalue weighted by molar-refractivity contribution is 6.22. The zero-order valence-electron chi connectivity index (χ0n) is 13.5. The molecule has 0 aliphatic carbocycles. The molecule has 0 aromatic heterocycles. The molecule has 6 nitrogen and oxygen atoms in total. The van der Waals surface area contributed by atoms with Gasteiger partial charge in [-0.2, -0.15) is 0 Å². The number of carbonyl (C=O) groups excluding carboxylic acids is 1. The first kappa shape index (κ1) is 16.6. The summed E-state index contributed by atoms with van der Waals surface area (Å²) in [6.45, 7) is 3.58. The number of rotatable bonds is 5. The Morgan fingerprint density at radius 3 is 2.65 bits per heavy atom. The first-order valence-corrected chi connectivity index (χ1v) is 7.11. The largest absolute Gasteiger partial charge is 0.505 e. The second-order valence-corrected chi connectivity index (χ2v) is 4.78. The second kappa shape index (κ2) is 7.00. The van der Waals surface area contributed by atoms with Gasteiger partial charge in [-0.05, 0) is 38.1 Å². The van der Waals surface area contributed by atoms with Crippen LogP contribution in [0, 0.1) is 0 Å². The highest BCUT2D eigenvalue weighted by Crippen LogP contribution is 2.31. The van der Waals surface area contributed by atoms with Gasteiger partial charge in [0.05, 0.1) is 26.5 Å². The minimum atomic E-state index is -0.591. The molecule has 1 aromatic carbocycles. The zero-order valence-corrected chi connectivity index (χ0v) is 13.5. The van der Waals surface area contributed by atoms with Crippen molar-refractivity contribution >= 4 is 17.8 Å². The molecule has 0 amide bonds. The third-order valence-corrected chi connectivity index (χ3v) is 3.34. The monoisotopic (exact) mass is 317 g/mol. The molecule has 2 rings (SSSR count). The molecular formula is C17H19NO5. The lowest BCUT2D eigenvalue weighted by atomic mass is 10.1. The van der Waals surface area contributed by atoms with Crippen molar-refractivity contribution in [2.24, 2.45) is 4.99 Å². The number of esters is 1. The number of aliphatic hydroxyl groups excluding tert-OH is 1. The van der Waals surface area contributed by atoms with Gasteiger partial charge in [0, 0.05) is 5.56 Å². The van der Waals surface area contributed by atoms with Crippen LogP contribution in [0.4, 0.5) is 0 Å². The summed E-state index contributed by atoms with van der Waals surface area (Å²) in [6, 6.07) is 5.28. The molecular weight excluding hydrogens is 298 g/mol. The molecule has 0 spiro atoms. The van der Waals surface area contributed by atoms with Crippen molar-refractivity contribution in [2.75, 3.05) is 20.8 Å².